The van der Waals surface area contributed by atoms with E-state index in [-0.39, 0.29) is 0 Å². The number of pyridine rings is 1. The Kier molecular flexibility index (Phi) is 5.78. The molecule has 3 aromatic rings. The summed E-state index contributed by atoms with van der Waals surface area (Å²) in [7, 11) is -1.67. The summed E-state index contributed by atoms with van der Waals surface area (Å²) in [6, 6.07) is 10.2. The number of aromatic nitrogens is 2. The maximum absolute atomic E-state index is 12.0. The summed E-state index contributed by atoms with van der Waals surface area (Å²) in [5, 5.41) is 5.70. The van der Waals surface area contributed by atoms with Crippen LogP contribution in [0.2, 0.25) is 24.7 Å². The predicted molar refractivity (Wildman–Crippen MR) is 123 cm³/mol. The van der Waals surface area contributed by atoms with Crippen LogP contribution in [0.5, 0.6) is 0 Å². The van der Waals surface area contributed by atoms with E-state index in [0.29, 0.717) is 11.6 Å². The highest BCUT2D eigenvalue weighted by Crippen LogP contribution is 2.30. The Morgan fingerprint density at radius 2 is 1.97 bits per heavy atom. The number of nitrogens with zero attached hydrogens (tertiary/aromatic N) is 1. The normalized spacial score (nSPS) is 12.2. The highest BCUT2D eigenvalue weighted by molar-refractivity contribution is 6.89. The number of H-pyrrole nitrogens is 1. The second kappa shape index (κ2) is 7.84. The minimum absolute atomic E-state index is 0.395. The Bertz CT molecular complexity index is 1050. The van der Waals surface area contributed by atoms with Crippen molar-refractivity contribution < 1.29 is 9.53 Å². The number of carbonyl (C=O) groups excluding carboxylic acids is 1. The number of ether oxygens (including phenoxy) is 1. The van der Waals surface area contributed by atoms with E-state index >= 15 is 0 Å². The van der Waals surface area contributed by atoms with Crippen molar-refractivity contribution in [1.29, 1.82) is 0 Å². The van der Waals surface area contributed by atoms with Crippen molar-refractivity contribution in [3.8, 4) is 11.1 Å². The summed E-state index contributed by atoms with van der Waals surface area (Å²) in [6.07, 6.45) is 1.24. The maximum atomic E-state index is 12.0. The summed E-state index contributed by atoms with van der Waals surface area (Å²) < 4.78 is 5.32. The van der Waals surface area contributed by atoms with Crippen molar-refractivity contribution in [2.75, 3.05) is 0 Å². The molecule has 29 heavy (non-hydrogen) atoms. The average Bonchev–Trinajstić information content (AvgIpc) is 2.98. The third-order valence-corrected chi connectivity index (χ3v) is 6.50. The van der Waals surface area contributed by atoms with Gasteiger partial charge in [0.05, 0.1) is 13.1 Å². The van der Waals surface area contributed by atoms with Gasteiger partial charge in [-0.2, -0.15) is 0 Å². The minimum atomic E-state index is -1.67. The molecule has 1 amide bonds. The molecule has 1 aromatic carbocycles. The summed E-state index contributed by atoms with van der Waals surface area (Å²) in [4.78, 5) is 20.0. The zero-order valence-corrected chi connectivity index (χ0v) is 19.6. The van der Waals surface area contributed by atoms with Crippen LogP contribution in [0.1, 0.15) is 26.3 Å². The van der Waals surface area contributed by atoms with Gasteiger partial charge < -0.3 is 15.0 Å². The molecular weight excluding hydrogens is 402 g/mol. The van der Waals surface area contributed by atoms with Crippen molar-refractivity contribution in [2.45, 2.75) is 52.6 Å². The third kappa shape index (κ3) is 5.19. The zero-order valence-electron chi connectivity index (χ0n) is 17.8. The molecule has 0 bridgehead atoms. The molecule has 0 aliphatic heterocycles. The Hall–Kier alpha value is -2.31. The van der Waals surface area contributed by atoms with Gasteiger partial charge in [-0.25, -0.2) is 9.78 Å². The van der Waals surface area contributed by atoms with Crippen molar-refractivity contribution in [3.63, 3.8) is 0 Å². The molecule has 154 valence electrons. The second-order valence-electron chi connectivity index (χ2n) is 9.23. The topological polar surface area (TPSA) is 67.0 Å². The van der Waals surface area contributed by atoms with Gasteiger partial charge in [0.25, 0.3) is 0 Å². The van der Waals surface area contributed by atoms with Gasteiger partial charge >= 0.3 is 6.09 Å². The smallest absolute Gasteiger partial charge is 0.407 e. The number of halogens is 1. The first kappa shape index (κ1) is 21.4. The van der Waals surface area contributed by atoms with Gasteiger partial charge in [-0.1, -0.05) is 49.4 Å². The van der Waals surface area contributed by atoms with E-state index in [2.05, 4.69) is 47.1 Å². The molecule has 0 aliphatic rings. The fourth-order valence-electron chi connectivity index (χ4n) is 3.23. The molecule has 0 saturated heterocycles. The van der Waals surface area contributed by atoms with Crippen molar-refractivity contribution in [3.05, 3.63) is 47.1 Å². The number of amides is 1. The van der Waals surface area contributed by atoms with E-state index < -0.39 is 19.8 Å². The first-order chi connectivity index (χ1) is 13.4. The molecule has 3 rings (SSSR count). The molecule has 5 nitrogen and oxygen atoms in total. The Morgan fingerprint density at radius 1 is 1.24 bits per heavy atom. The molecule has 2 aromatic heterocycles. The monoisotopic (exact) mass is 429 g/mol. The lowest BCUT2D eigenvalue weighted by Crippen LogP contribution is -2.39. The Balaban J connectivity index is 1.97. The quantitative estimate of drug-likeness (QED) is 0.541. The predicted octanol–water partition coefficient (Wildman–Crippen LogP) is 5.45. The molecule has 0 fully saturated rings. The number of hydrogen-bond donors (Lipinski definition) is 2. The van der Waals surface area contributed by atoms with Crippen LogP contribution in [0.3, 0.4) is 0 Å². The van der Waals surface area contributed by atoms with Gasteiger partial charge in [0.2, 0.25) is 0 Å². The highest BCUT2D eigenvalue weighted by Gasteiger charge is 2.26. The van der Waals surface area contributed by atoms with Crippen LogP contribution in [0.25, 0.3) is 22.2 Å². The number of benzene rings is 1. The van der Waals surface area contributed by atoms with Gasteiger partial charge in [-0.15, -0.1) is 0 Å². The molecule has 0 atom stereocenters. The van der Waals surface area contributed by atoms with Crippen molar-refractivity contribution in [2.24, 2.45) is 0 Å². The first-order valence-corrected chi connectivity index (χ1v) is 13.6. The lowest BCUT2D eigenvalue weighted by atomic mass is 10.0. The number of hydrogen-bond acceptors (Lipinski definition) is 3. The van der Waals surface area contributed by atoms with Crippen LogP contribution >= 0.6 is 11.6 Å². The van der Waals surface area contributed by atoms with Crippen molar-refractivity contribution in [1.82, 2.24) is 15.3 Å². The molecule has 7 heteroatoms. The van der Waals surface area contributed by atoms with E-state index in [1.807, 2.05) is 39.0 Å². The van der Waals surface area contributed by atoms with E-state index in [1.165, 1.54) is 5.32 Å². The van der Waals surface area contributed by atoms with E-state index in [1.54, 1.807) is 6.20 Å². The molecule has 0 saturated carbocycles. The van der Waals surface area contributed by atoms with E-state index in [4.69, 9.17) is 16.3 Å². The zero-order chi connectivity index (χ0) is 21.4. The largest absolute Gasteiger partial charge is 0.444 e. The van der Waals surface area contributed by atoms with Crippen LogP contribution in [-0.2, 0) is 11.3 Å². The Labute approximate surface area is 177 Å². The van der Waals surface area contributed by atoms with Crippen LogP contribution in [-0.4, -0.2) is 29.7 Å². The fourth-order valence-corrected chi connectivity index (χ4v) is 4.91. The SMILES string of the molecule is CC(C)(C)OC(=O)NCc1cccc(-c2c([Si](C)(C)C)[nH]c3ncc(Cl)cc23)c1. The van der Waals surface area contributed by atoms with E-state index in [0.717, 1.165) is 27.7 Å². The van der Waals surface area contributed by atoms with Crippen LogP contribution in [0.4, 0.5) is 4.79 Å². The highest BCUT2D eigenvalue weighted by atomic mass is 35.5. The molecule has 0 unspecified atom stereocenters. The average molecular weight is 430 g/mol. The molecule has 0 aliphatic carbocycles. The van der Waals surface area contributed by atoms with Gasteiger partial charge in [0, 0.05) is 29.0 Å². The van der Waals surface area contributed by atoms with Crippen LogP contribution < -0.4 is 10.6 Å². The van der Waals surface area contributed by atoms with Gasteiger partial charge in [0.1, 0.15) is 11.2 Å². The minimum Gasteiger partial charge on any atom is -0.444 e. The summed E-state index contributed by atoms with van der Waals surface area (Å²) in [6.45, 7) is 12.8. The van der Waals surface area contributed by atoms with Gasteiger partial charge in [-0.05, 0) is 44.0 Å². The van der Waals surface area contributed by atoms with Gasteiger partial charge in [0.15, 0.2) is 0 Å². The third-order valence-electron chi connectivity index (χ3n) is 4.42. The van der Waals surface area contributed by atoms with E-state index in [9.17, 15) is 4.79 Å². The lowest BCUT2D eigenvalue weighted by molar-refractivity contribution is 0.0523. The summed E-state index contributed by atoms with van der Waals surface area (Å²) in [5.74, 6) is 0. The number of alkyl carbamates (subject to hydrolysis) is 1. The molecule has 0 radical (unpaired) electrons. The fraction of sp³-hybridized carbons (Fsp3) is 0.364. The van der Waals surface area contributed by atoms with Gasteiger partial charge in [-0.3, -0.25) is 0 Å². The number of carbonyl (C=O) groups is 1. The standard InChI is InChI=1S/C22H28ClN3O2Si/c1-22(2,3)28-21(27)25-12-14-8-7-9-15(10-14)18-17-11-16(23)13-24-19(17)26-20(18)29(4,5)6/h7-11,13H,12H2,1-6H3,(H,24,26)(H,25,27). The van der Waals surface area contributed by atoms with Crippen LogP contribution in [0, 0.1) is 0 Å². The number of rotatable bonds is 4. The summed E-state index contributed by atoms with van der Waals surface area (Å²) >= 11 is 6.24. The number of nitrogens with one attached hydrogen (secondary N) is 2. The molecule has 0 spiro atoms. The lowest BCUT2D eigenvalue weighted by Gasteiger charge is -2.20. The molecular formula is C22H28ClN3O2Si. The molecule has 2 heterocycles. The maximum Gasteiger partial charge on any atom is 0.407 e. The molecule has 2 N–H and O–H groups in total. The summed E-state index contributed by atoms with van der Waals surface area (Å²) in [5.41, 5.74) is 3.56. The number of fused-ring (bicyclic) bond motifs is 1. The Morgan fingerprint density at radius 3 is 2.62 bits per heavy atom. The first-order valence-electron chi connectivity index (χ1n) is 9.68. The second-order valence-corrected chi connectivity index (χ2v) is 14.7. The number of aromatic amines is 1. The van der Waals surface area contributed by atoms with Crippen LogP contribution in [0.15, 0.2) is 36.5 Å². The van der Waals surface area contributed by atoms with Crippen molar-refractivity contribution >= 4 is 42.1 Å².